The molecule has 20 heavy (non-hydrogen) atoms. The number of benzene rings is 1. The highest BCUT2D eigenvalue weighted by Crippen LogP contribution is 2.40. The van der Waals surface area contributed by atoms with Gasteiger partial charge in [0.25, 0.3) is 5.91 Å². The smallest absolute Gasteiger partial charge is 0.270 e. The zero-order chi connectivity index (χ0) is 13.5. The maximum atomic E-state index is 12.3. The van der Waals surface area contributed by atoms with E-state index in [0.29, 0.717) is 24.3 Å². The fourth-order valence-electron chi connectivity index (χ4n) is 3.19. The first kappa shape index (κ1) is 11.9. The van der Waals surface area contributed by atoms with E-state index in [1.165, 1.54) is 12.8 Å². The second-order valence-corrected chi connectivity index (χ2v) is 5.79. The highest BCUT2D eigenvalue weighted by molar-refractivity contribution is 6.05. The molecule has 0 radical (unpaired) electrons. The lowest BCUT2D eigenvalue weighted by molar-refractivity contribution is 0.0946. The lowest BCUT2D eigenvalue weighted by Gasteiger charge is -2.14. The molecule has 1 amide bonds. The Hall–Kier alpha value is -1.94. The van der Waals surface area contributed by atoms with Crippen LogP contribution in [-0.2, 0) is 0 Å². The zero-order valence-corrected chi connectivity index (χ0v) is 11.2. The molecule has 1 aliphatic heterocycles. The third-order valence-electron chi connectivity index (χ3n) is 4.36. The first-order chi connectivity index (χ1) is 9.81. The SMILES string of the molecule is O=C(NCC1CC2C[C@@H]2N1)c1nccc2ccccc12. The highest BCUT2D eigenvalue weighted by atomic mass is 16.1. The van der Waals surface area contributed by atoms with Gasteiger partial charge in [-0.15, -0.1) is 0 Å². The van der Waals surface area contributed by atoms with E-state index >= 15 is 0 Å². The van der Waals surface area contributed by atoms with Crippen LogP contribution in [0.4, 0.5) is 0 Å². The summed E-state index contributed by atoms with van der Waals surface area (Å²) < 4.78 is 0. The number of carbonyl (C=O) groups is 1. The summed E-state index contributed by atoms with van der Waals surface area (Å²) in [6, 6.07) is 10.9. The van der Waals surface area contributed by atoms with Gasteiger partial charge in [0.05, 0.1) is 0 Å². The Morgan fingerprint density at radius 3 is 3.05 bits per heavy atom. The fourth-order valence-corrected chi connectivity index (χ4v) is 3.19. The van der Waals surface area contributed by atoms with Gasteiger partial charge in [-0.05, 0) is 30.2 Å². The molecule has 4 rings (SSSR count). The number of rotatable bonds is 3. The van der Waals surface area contributed by atoms with E-state index in [9.17, 15) is 4.79 Å². The van der Waals surface area contributed by atoms with Crippen LogP contribution in [0.1, 0.15) is 23.3 Å². The Bertz CT molecular complexity index is 654. The molecule has 4 heteroatoms. The van der Waals surface area contributed by atoms with Crippen LogP contribution >= 0.6 is 0 Å². The van der Waals surface area contributed by atoms with Gasteiger partial charge in [0.1, 0.15) is 5.69 Å². The van der Waals surface area contributed by atoms with E-state index < -0.39 is 0 Å². The van der Waals surface area contributed by atoms with Crippen molar-refractivity contribution in [2.45, 2.75) is 24.9 Å². The molecule has 102 valence electrons. The van der Waals surface area contributed by atoms with Crippen LogP contribution in [0.15, 0.2) is 36.5 Å². The first-order valence-corrected chi connectivity index (χ1v) is 7.19. The number of piperidine rings is 1. The number of nitrogens with one attached hydrogen (secondary N) is 2. The van der Waals surface area contributed by atoms with Crippen LogP contribution in [0.25, 0.3) is 10.8 Å². The average molecular weight is 267 g/mol. The summed E-state index contributed by atoms with van der Waals surface area (Å²) in [5.74, 6) is 0.775. The third kappa shape index (κ3) is 2.06. The van der Waals surface area contributed by atoms with E-state index in [1.54, 1.807) is 6.20 Å². The van der Waals surface area contributed by atoms with Gasteiger partial charge in [0.2, 0.25) is 0 Å². The van der Waals surface area contributed by atoms with E-state index in [1.807, 2.05) is 30.3 Å². The molecule has 1 aromatic carbocycles. The third-order valence-corrected chi connectivity index (χ3v) is 4.36. The molecule has 2 N–H and O–H groups in total. The predicted octanol–water partition coefficient (Wildman–Crippen LogP) is 1.71. The molecule has 4 nitrogen and oxygen atoms in total. The molecular formula is C16H17N3O. The van der Waals surface area contributed by atoms with Crippen LogP contribution in [-0.4, -0.2) is 29.5 Å². The summed E-state index contributed by atoms with van der Waals surface area (Å²) in [5, 5.41) is 8.51. The summed E-state index contributed by atoms with van der Waals surface area (Å²) >= 11 is 0. The number of nitrogens with zero attached hydrogens (tertiary/aromatic N) is 1. The minimum absolute atomic E-state index is 0.0795. The Labute approximate surface area is 117 Å². The number of aromatic nitrogens is 1. The zero-order valence-electron chi connectivity index (χ0n) is 11.2. The summed E-state index contributed by atoms with van der Waals surface area (Å²) in [7, 11) is 0. The molecule has 2 heterocycles. The van der Waals surface area contributed by atoms with Crippen molar-refractivity contribution in [3.63, 3.8) is 0 Å². The Kier molecular flexibility index (Phi) is 2.70. The first-order valence-electron chi connectivity index (χ1n) is 7.19. The summed E-state index contributed by atoms with van der Waals surface area (Å²) in [4.78, 5) is 16.6. The van der Waals surface area contributed by atoms with Gasteiger partial charge >= 0.3 is 0 Å². The molecule has 2 unspecified atom stereocenters. The molecule has 3 atom stereocenters. The minimum Gasteiger partial charge on any atom is -0.349 e. The number of amides is 1. The van der Waals surface area contributed by atoms with Crippen molar-refractivity contribution >= 4 is 16.7 Å². The molecule has 1 saturated heterocycles. The van der Waals surface area contributed by atoms with Crippen LogP contribution in [0.3, 0.4) is 0 Å². The molecule has 1 aliphatic carbocycles. The highest BCUT2D eigenvalue weighted by Gasteiger charge is 2.45. The van der Waals surface area contributed by atoms with Crippen molar-refractivity contribution in [2.24, 2.45) is 5.92 Å². The fraction of sp³-hybridized carbons (Fsp3) is 0.375. The molecule has 0 spiro atoms. The van der Waals surface area contributed by atoms with Gasteiger partial charge in [-0.25, -0.2) is 0 Å². The van der Waals surface area contributed by atoms with Gasteiger partial charge in [-0.1, -0.05) is 24.3 Å². The molecule has 1 saturated carbocycles. The Morgan fingerprint density at radius 1 is 1.30 bits per heavy atom. The van der Waals surface area contributed by atoms with Crippen LogP contribution in [0.5, 0.6) is 0 Å². The number of hydrogen-bond acceptors (Lipinski definition) is 3. The van der Waals surface area contributed by atoms with Crippen LogP contribution in [0.2, 0.25) is 0 Å². The van der Waals surface area contributed by atoms with Crippen molar-refractivity contribution in [3.05, 3.63) is 42.2 Å². The number of hydrogen-bond donors (Lipinski definition) is 2. The van der Waals surface area contributed by atoms with Crippen LogP contribution in [0, 0.1) is 5.92 Å². The predicted molar refractivity (Wildman–Crippen MR) is 77.5 cm³/mol. The van der Waals surface area contributed by atoms with Gasteiger partial charge < -0.3 is 10.6 Å². The van der Waals surface area contributed by atoms with Crippen molar-refractivity contribution in [3.8, 4) is 0 Å². The largest absolute Gasteiger partial charge is 0.349 e. The monoisotopic (exact) mass is 267 g/mol. The maximum Gasteiger partial charge on any atom is 0.270 e. The van der Waals surface area contributed by atoms with Crippen molar-refractivity contribution in [1.29, 1.82) is 0 Å². The molecule has 2 aromatic rings. The molecular weight excluding hydrogens is 250 g/mol. The summed E-state index contributed by atoms with van der Waals surface area (Å²) in [6.07, 6.45) is 4.20. The van der Waals surface area contributed by atoms with Crippen molar-refractivity contribution < 1.29 is 4.79 Å². The second kappa shape index (κ2) is 4.56. The molecule has 1 aromatic heterocycles. The lowest BCUT2D eigenvalue weighted by atomic mass is 10.1. The normalized spacial score (nSPS) is 27.3. The van der Waals surface area contributed by atoms with Gasteiger partial charge in [-0.3, -0.25) is 9.78 Å². The number of pyridine rings is 1. The molecule has 0 bridgehead atoms. The minimum atomic E-state index is -0.0795. The average Bonchev–Trinajstić information content (AvgIpc) is 3.11. The van der Waals surface area contributed by atoms with E-state index in [4.69, 9.17) is 0 Å². The van der Waals surface area contributed by atoms with Gasteiger partial charge in [-0.2, -0.15) is 0 Å². The summed E-state index contributed by atoms with van der Waals surface area (Å²) in [6.45, 7) is 0.691. The van der Waals surface area contributed by atoms with Crippen molar-refractivity contribution in [1.82, 2.24) is 15.6 Å². The molecule has 2 fully saturated rings. The van der Waals surface area contributed by atoms with Gasteiger partial charge in [0, 0.05) is 30.2 Å². The quantitative estimate of drug-likeness (QED) is 0.890. The number of fused-ring (bicyclic) bond motifs is 2. The standard InChI is InChI=1S/C16H17N3O/c20-16(18-9-12-7-11-8-14(11)19-12)15-13-4-2-1-3-10(13)5-6-17-15/h1-6,11-12,14,19H,7-9H2,(H,18,20)/t11?,12?,14-/m0/s1. The van der Waals surface area contributed by atoms with Gasteiger partial charge in [0.15, 0.2) is 0 Å². The second-order valence-electron chi connectivity index (χ2n) is 5.79. The topological polar surface area (TPSA) is 54.0 Å². The van der Waals surface area contributed by atoms with E-state index in [-0.39, 0.29) is 5.91 Å². The summed E-state index contributed by atoms with van der Waals surface area (Å²) in [5.41, 5.74) is 0.520. The lowest BCUT2D eigenvalue weighted by Crippen LogP contribution is -2.39. The Morgan fingerprint density at radius 2 is 2.20 bits per heavy atom. The van der Waals surface area contributed by atoms with Crippen molar-refractivity contribution in [2.75, 3.05) is 6.54 Å². The maximum absolute atomic E-state index is 12.3. The Balaban J connectivity index is 1.49. The van der Waals surface area contributed by atoms with E-state index in [0.717, 1.165) is 16.7 Å². The van der Waals surface area contributed by atoms with E-state index in [2.05, 4.69) is 15.6 Å². The van der Waals surface area contributed by atoms with Crippen LogP contribution < -0.4 is 10.6 Å². The number of carbonyl (C=O) groups excluding carboxylic acids is 1. The molecule has 2 aliphatic rings.